The van der Waals surface area contributed by atoms with Gasteiger partial charge < -0.3 is 9.15 Å². The Morgan fingerprint density at radius 1 is 0.917 bits per heavy atom. The fourth-order valence-electron chi connectivity index (χ4n) is 2.10. The van der Waals surface area contributed by atoms with Crippen molar-refractivity contribution in [2.45, 2.75) is 6.61 Å². The summed E-state index contributed by atoms with van der Waals surface area (Å²) >= 11 is 17.9. The van der Waals surface area contributed by atoms with Crippen molar-refractivity contribution >= 4 is 40.8 Å². The first kappa shape index (κ1) is 16.9. The molecule has 0 aliphatic heterocycles. The molecular formula is C18H11Cl3O3. The minimum Gasteiger partial charge on any atom is -0.457 e. The van der Waals surface area contributed by atoms with Gasteiger partial charge in [-0.25, -0.2) is 4.79 Å². The number of rotatable bonds is 4. The second-order valence-corrected chi connectivity index (χ2v) is 6.17. The molecule has 0 N–H and O–H groups in total. The van der Waals surface area contributed by atoms with Crippen molar-refractivity contribution in [3.05, 3.63) is 81.0 Å². The summed E-state index contributed by atoms with van der Waals surface area (Å²) < 4.78 is 10.9. The Balaban J connectivity index is 1.69. The molecule has 0 amide bonds. The number of halogens is 3. The van der Waals surface area contributed by atoms with Crippen molar-refractivity contribution in [2.24, 2.45) is 0 Å². The Labute approximate surface area is 153 Å². The third kappa shape index (κ3) is 3.75. The molecule has 0 saturated carbocycles. The normalized spacial score (nSPS) is 10.6. The van der Waals surface area contributed by atoms with Gasteiger partial charge in [-0.1, -0.05) is 46.9 Å². The highest BCUT2D eigenvalue weighted by molar-refractivity contribution is 6.42. The summed E-state index contributed by atoms with van der Waals surface area (Å²) in [4.78, 5) is 12.0. The van der Waals surface area contributed by atoms with Crippen LogP contribution in [-0.4, -0.2) is 5.97 Å². The van der Waals surface area contributed by atoms with Crippen molar-refractivity contribution in [3.8, 4) is 11.3 Å². The van der Waals surface area contributed by atoms with Gasteiger partial charge in [0.15, 0.2) is 0 Å². The standard InChI is InChI=1S/C18H11Cl3O3/c19-14-4-2-1-3-13(14)18(22)23-10-12-6-8-17(24-12)11-5-7-15(20)16(21)9-11/h1-9H,10H2. The number of carbonyl (C=O) groups is 1. The maximum atomic E-state index is 12.0. The lowest BCUT2D eigenvalue weighted by Gasteiger charge is -2.04. The summed E-state index contributed by atoms with van der Waals surface area (Å²) in [6.07, 6.45) is 0. The molecular weight excluding hydrogens is 371 g/mol. The molecule has 0 saturated heterocycles. The first-order chi connectivity index (χ1) is 11.5. The molecule has 0 atom stereocenters. The monoisotopic (exact) mass is 380 g/mol. The van der Waals surface area contributed by atoms with E-state index in [1.54, 1.807) is 54.6 Å². The predicted octanol–water partition coefficient (Wildman–Crippen LogP) is 6.26. The first-order valence-corrected chi connectivity index (χ1v) is 8.14. The lowest BCUT2D eigenvalue weighted by Crippen LogP contribution is -2.05. The second-order valence-electron chi connectivity index (χ2n) is 4.95. The number of hydrogen-bond donors (Lipinski definition) is 0. The Kier molecular flexibility index (Phi) is 5.14. The van der Waals surface area contributed by atoms with E-state index in [2.05, 4.69) is 0 Å². The smallest absolute Gasteiger partial charge is 0.340 e. The third-order valence-electron chi connectivity index (χ3n) is 3.31. The molecule has 0 spiro atoms. The summed E-state index contributed by atoms with van der Waals surface area (Å²) in [7, 11) is 0. The van der Waals surface area contributed by atoms with Crippen LogP contribution in [0.4, 0.5) is 0 Å². The highest BCUT2D eigenvalue weighted by Gasteiger charge is 2.13. The molecule has 0 unspecified atom stereocenters. The lowest BCUT2D eigenvalue weighted by molar-refractivity contribution is 0.0446. The van der Waals surface area contributed by atoms with Crippen molar-refractivity contribution in [2.75, 3.05) is 0 Å². The second kappa shape index (κ2) is 7.31. The number of benzene rings is 2. The van der Waals surface area contributed by atoms with Gasteiger partial charge >= 0.3 is 5.97 Å². The van der Waals surface area contributed by atoms with Gasteiger partial charge in [-0.2, -0.15) is 0 Å². The zero-order valence-electron chi connectivity index (χ0n) is 12.3. The molecule has 2 aromatic carbocycles. The van der Waals surface area contributed by atoms with Crippen LogP contribution in [-0.2, 0) is 11.3 Å². The zero-order valence-corrected chi connectivity index (χ0v) is 14.5. The largest absolute Gasteiger partial charge is 0.457 e. The van der Waals surface area contributed by atoms with Crippen LogP contribution in [0, 0.1) is 0 Å². The molecule has 0 aliphatic carbocycles. The molecule has 3 nitrogen and oxygen atoms in total. The van der Waals surface area contributed by atoms with Crippen molar-refractivity contribution in [1.82, 2.24) is 0 Å². The van der Waals surface area contributed by atoms with Gasteiger partial charge in [-0.3, -0.25) is 0 Å². The molecule has 0 fully saturated rings. The number of ether oxygens (including phenoxy) is 1. The summed E-state index contributed by atoms with van der Waals surface area (Å²) in [6, 6.07) is 15.4. The maximum Gasteiger partial charge on any atom is 0.340 e. The van der Waals surface area contributed by atoms with Crippen LogP contribution in [0.5, 0.6) is 0 Å². The van der Waals surface area contributed by atoms with Gasteiger partial charge in [0.05, 0.1) is 20.6 Å². The van der Waals surface area contributed by atoms with Crippen LogP contribution in [0.2, 0.25) is 15.1 Å². The summed E-state index contributed by atoms with van der Waals surface area (Å²) in [5.74, 6) is 0.613. The van der Waals surface area contributed by atoms with Crippen LogP contribution in [0.15, 0.2) is 59.0 Å². The van der Waals surface area contributed by atoms with Crippen LogP contribution >= 0.6 is 34.8 Å². The number of esters is 1. The topological polar surface area (TPSA) is 39.4 Å². The van der Waals surface area contributed by atoms with Crippen LogP contribution < -0.4 is 0 Å². The van der Waals surface area contributed by atoms with Crippen LogP contribution in [0.1, 0.15) is 16.1 Å². The fraction of sp³-hybridized carbons (Fsp3) is 0.0556. The van der Waals surface area contributed by atoms with E-state index in [-0.39, 0.29) is 6.61 Å². The van der Waals surface area contributed by atoms with E-state index in [9.17, 15) is 4.79 Å². The van der Waals surface area contributed by atoms with E-state index in [4.69, 9.17) is 44.0 Å². The quantitative estimate of drug-likeness (QED) is 0.500. The molecule has 1 heterocycles. The Morgan fingerprint density at radius 3 is 2.46 bits per heavy atom. The summed E-state index contributed by atoms with van der Waals surface area (Å²) in [5.41, 5.74) is 1.10. The van der Waals surface area contributed by atoms with Gasteiger partial charge in [0.25, 0.3) is 0 Å². The summed E-state index contributed by atoms with van der Waals surface area (Å²) in [5, 5.41) is 1.26. The van der Waals surface area contributed by atoms with Crippen LogP contribution in [0.3, 0.4) is 0 Å². The molecule has 0 radical (unpaired) electrons. The van der Waals surface area contributed by atoms with E-state index in [1.807, 2.05) is 0 Å². The maximum absolute atomic E-state index is 12.0. The Hall–Kier alpha value is -1.94. The average molecular weight is 382 g/mol. The minimum absolute atomic E-state index is 0.00534. The SMILES string of the molecule is O=C(OCc1ccc(-c2ccc(Cl)c(Cl)c2)o1)c1ccccc1Cl. The van der Waals surface area contributed by atoms with Crippen molar-refractivity contribution in [1.29, 1.82) is 0 Å². The van der Waals surface area contributed by atoms with E-state index in [0.717, 1.165) is 5.56 Å². The predicted molar refractivity (Wildman–Crippen MR) is 94.7 cm³/mol. The number of carbonyl (C=O) groups excluding carboxylic acids is 1. The van der Waals surface area contributed by atoms with Crippen LogP contribution in [0.25, 0.3) is 11.3 Å². The molecule has 3 aromatic rings. The zero-order chi connectivity index (χ0) is 17.1. The molecule has 24 heavy (non-hydrogen) atoms. The van der Waals surface area contributed by atoms with Gasteiger partial charge in [0.1, 0.15) is 18.1 Å². The molecule has 0 aliphatic rings. The highest BCUT2D eigenvalue weighted by atomic mass is 35.5. The van der Waals surface area contributed by atoms with Crippen molar-refractivity contribution < 1.29 is 13.9 Å². The first-order valence-electron chi connectivity index (χ1n) is 7.00. The molecule has 122 valence electrons. The van der Waals surface area contributed by atoms with Gasteiger partial charge in [-0.15, -0.1) is 0 Å². The third-order valence-corrected chi connectivity index (χ3v) is 4.37. The number of furan rings is 1. The van der Waals surface area contributed by atoms with E-state index in [1.165, 1.54) is 0 Å². The van der Waals surface area contributed by atoms with Gasteiger partial charge in [-0.05, 0) is 42.5 Å². The number of hydrogen-bond acceptors (Lipinski definition) is 3. The molecule has 6 heteroatoms. The van der Waals surface area contributed by atoms with E-state index >= 15 is 0 Å². The van der Waals surface area contributed by atoms with Gasteiger partial charge in [0.2, 0.25) is 0 Å². The van der Waals surface area contributed by atoms with E-state index in [0.29, 0.717) is 32.2 Å². The van der Waals surface area contributed by atoms with Crippen molar-refractivity contribution in [3.63, 3.8) is 0 Å². The lowest BCUT2D eigenvalue weighted by atomic mass is 10.2. The highest BCUT2D eigenvalue weighted by Crippen LogP contribution is 2.29. The molecule has 3 rings (SSSR count). The Morgan fingerprint density at radius 2 is 1.71 bits per heavy atom. The average Bonchev–Trinajstić information content (AvgIpc) is 3.04. The molecule has 1 aromatic heterocycles. The van der Waals surface area contributed by atoms with E-state index < -0.39 is 5.97 Å². The minimum atomic E-state index is -0.506. The van der Waals surface area contributed by atoms with Gasteiger partial charge in [0, 0.05) is 5.56 Å². The Bertz CT molecular complexity index is 887. The summed E-state index contributed by atoms with van der Waals surface area (Å²) in [6.45, 7) is 0.00534. The molecule has 0 bridgehead atoms. The fourth-order valence-corrected chi connectivity index (χ4v) is 2.61.